The zero-order valence-electron chi connectivity index (χ0n) is 9.93. The van der Waals surface area contributed by atoms with E-state index >= 15 is 0 Å². The molecular weight excluding hydrogens is 246 g/mol. The molecule has 0 unspecified atom stereocenters. The van der Waals surface area contributed by atoms with Crippen molar-refractivity contribution in [3.63, 3.8) is 0 Å². The Balaban J connectivity index is 3.67. The Morgan fingerprint density at radius 1 is 1.06 bits per heavy atom. The molecule has 18 heavy (non-hydrogen) atoms. The fourth-order valence-corrected chi connectivity index (χ4v) is 0.855. The molecule has 8 heteroatoms. The molecule has 0 saturated heterocycles. The van der Waals surface area contributed by atoms with E-state index in [9.17, 15) is 19.2 Å². The first-order chi connectivity index (χ1) is 8.45. The molecule has 2 N–H and O–H groups in total. The van der Waals surface area contributed by atoms with Crippen LogP contribution in [0.1, 0.15) is 19.8 Å². The lowest BCUT2D eigenvalue weighted by molar-refractivity contribution is -0.167. The van der Waals surface area contributed by atoms with Crippen molar-refractivity contribution in [2.45, 2.75) is 19.8 Å². The summed E-state index contributed by atoms with van der Waals surface area (Å²) in [7, 11) is 0. The van der Waals surface area contributed by atoms with Crippen molar-refractivity contribution in [1.82, 2.24) is 5.32 Å². The third-order valence-corrected chi connectivity index (χ3v) is 1.57. The van der Waals surface area contributed by atoms with E-state index < -0.39 is 37.5 Å². The smallest absolute Gasteiger partial charge is 0.318 e. The zero-order chi connectivity index (χ0) is 14.0. The van der Waals surface area contributed by atoms with Gasteiger partial charge in [-0.15, -0.1) is 0 Å². The van der Waals surface area contributed by atoms with Crippen LogP contribution in [0, 0.1) is 0 Å². The monoisotopic (exact) mass is 261 g/mol. The molecule has 0 saturated carbocycles. The largest absolute Gasteiger partial charge is 0.428 e. The minimum Gasteiger partial charge on any atom is -0.428 e. The number of ketones is 1. The van der Waals surface area contributed by atoms with Gasteiger partial charge in [-0.05, 0) is 6.92 Å². The molecule has 0 heterocycles. The van der Waals surface area contributed by atoms with Gasteiger partial charge in [-0.25, -0.2) is 0 Å². The number of hydrogen-bond donors (Lipinski definition) is 2. The van der Waals surface area contributed by atoms with Crippen molar-refractivity contribution < 1.29 is 33.8 Å². The Hall–Kier alpha value is -1.96. The lowest BCUT2D eigenvalue weighted by Gasteiger charge is -2.05. The van der Waals surface area contributed by atoms with Crippen LogP contribution in [0.25, 0.3) is 0 Å². The van der Waals surface area contributed by atoms with Gasteiger partial charge in [0.2, 0.25) is 12.7 Å². The second-order valence-electron chi connectivity index (χ2n) is 3.28. The molecule has 0 aromatic rings. The quantitative estimate of drug-likeness (QED) is 0.310. The minimum absolute atomic E-state index is 0.0414. The third-order valence-electron chi connectivity index (χ3n) is 1.57. The first-order valence-electron chi connectivity index (χ1n) is 5.14. The van der Waals surface area contributed by atoms with Crippen LogP contribution in [0.3, 0.4) is 0 Å². The van der Waals surface area contributed by atoms with Gasteiger partial charge in [0, 0.05) is 6.54 Å². The van der Waals surface area contributed by atoms with Gasteiger partial charge < -0.3 is 19.9 Å². The lowest BCUT2D eigenvalue weighted by Crippen LogP contribution is -2.29. The molecule has 0 aliphatic carbocycles. The Morgan fingerprint density at radius 3 is 2.11 bits per heavy atom. The SMILES string of the molecule is CC(=O)CC(=O)OCOC(=O)CC(=O)NCCO. The average molecular weight is 261 g/mol. The van der Waals surface area contributed by atoms with Crippen LogP contribution < -0.4 is 5.32 Å². The second kappa shape index (κ2) is 9.11. The highest BCUT2D eigenvalue weighted by molar-refractivity contribution is 5.95. The molecule has 0 radical (unpaired) electrons. The van der Waals surface area contributed by atoms with Gasteiger partial charge in [0.05, 0.1) is 6.61 Å². The summed E-state index contributed by atoms with van der Waals surface area (Å²) in [6, 6.07) is 0. The highest BCUT2D eigenvalue weighted by Crippen LogP contribution is 1.91. The van der Waals surface area contributed by atoms with Gasteiger partial charge in [-0.2, -0.15) is 0 Å². The first-order valence-corrected chi connectivity index (χ1v) is 5.14. The highest BCUT2D eigenvalue weighted by atomic mass is 16.7. The average Bonchev–Trinajstić information content (AvgIpc) is 2.25. The van der Waals surface area contributed by atoms with Crippen LogP contribution in [-0.4, -0.2) is 48.7 Å². The number of aliphatic hydroxyl groups excluding tert-OH is 1. The Bertz CT molecular complexity index is 326. The molecule has 0 spiro atoms. The topological polar surface area (TPSA) is 119 Å². The number of amides is 1. The van der Waals surface area contributed by atoms with Crippen LogP contribution >= 0.6 is 0 Å². The molecule has 0 rings (SSSR count). The standard InChI is InChI=1S/C10H15NO7/c1-7(13)4-9(15)17-6-18-10(16)5-8(14)11-2-3-12/h12H,2-6H2,1H3,(H,11,14). The molecular formula is C10H15NO7. The molecule has 1 amide bonds. The van der Waals surface area contributed by atoms with Gasteiger partial charge in [-0.3, -0.25) is 19.2 Å². The normalized spacial score (nSPS) is 9.44. The van der Waals surface area contributed by atoms with Gasteiger partial charge >= 0.3 is 11.9 Å². The number of ether oxygens (including phenoxy) is 2. The van der Waals surface area contributed by atoms with Crippen molar-refractivity contribution in [3.05, 3.63) is 0 Å². The van der Waals surface area contributed by atoms with Crippen LogP contribution in [0.15, 0.2) is 0 Å². The van der Waals surface area contributed by atoms with E-state index in [0.29, 0.717) is 0 Å². The van der Waals surface area contributed by atoms with E-state index in [1.165, 1.54) is 6.92 Å². The summed E-state index contributed by atoms with van der Waals surface area (Å²) in [5, 5.41) is 10.7. The van der Waals surface area contributed by atoms with Crippen molar-refractivity contribution in [2.75, 3.05) is 19.9 Å². The molecule has 0 fully saturated rings. The number of carbonyl (C=O) groups excluding carboxylic acids is 4. The number of hydrogen-bond acceptors (Lipinski definition) is 7. The predicted octanol–water partition coefficient (Wildman–Crippen LogP) is -1.49. The maximum Gasteiger partial charge on any atom is 0.318 e. The summed E-state index contributed by atoms with van der Waals surface area (Å²) in [6.07, 6.45) is -0.932. The van der Waals surface area contributed by atoms with E-state index in [1.807, 2.05) is 0 Å². The maximum absolute atomic E-state index is 11.0. The molecule has 0 bridgehead atoms. The van der Waals surface area contributed by atoms with Crippen molar-refractivity contribution >= 4 is 23.6 Å². The number of rotatable bonds is 8. The van der Waals surface area contributed by atoms with E-state index in [-0.39, 0.29) is 18.9 Å². The maximum atomic E-state index is 11.0. The molecule has 0 aliphatic rings. The van der Waals surface area contributed by atoms with Crippen molar-refractivity contribution in [1.29, 1.82) is 0 Å². The number of esters is 2. The van der Waals surface area contributed by atoms with Gasteiger partial charge in [-0.1, -0.05) is 0 Å². The predicted molar refractivity (Wildman–Crippen MR) is 57.1 cm³/mol. The first kappa shape index (κ1) is 16.0. The zero-order valence-corrected chi connectivity index (χ0v) is 9.93. The van der Waals surface area contributed by atoms with E-state index in [1.54, 1.807) is 0 Å². The van der Waals surface area contributed by atoms with Crippen LogP contribution in [-0.2, 0) is 28.7 Å². The van der Waals surface area contributed by atoms with E-state index in [2.05, 4.69) is 14.8 Å². The fourth-order valence-electron chi connectivity index (χ4n) is 0.855. The van der Waals surface area contributed by atoms with Crippen molar-refractivity contribution in [3.8, 4) is 0 Å². The number of aliphatic hydroxyl groups is 1. The lowest BCUT2D eigenvalue weighted by atomic mass is 10.3. The molecule has 0 aliphatic heterocycles. The Morgan fingerprint density at radius 2 is 1.61 bits per heavy atom. The second-order valence-corrected chi connectivity index (χ2v) is 3.28. The third kappa shape index (κ3) is 9.28. The summed E-state index contributed by atoms with van der Waals surface area (Å²) in [5.74, 6) is -2.65. The molecule has 102 valence electrons. The van der Waals surface area contributed by atoms with Crippen molar-refractivity contribution in [2.24, 2.45) is 0 Å². The number of carbonyl (C=O) groups is 4. The molecule has 0 atom stereocenters. The fraction of sp³-hybridized carbons (Fsp3) is 0.600. The summed E-state index contributed by atoms with van der Waals surface area (Å²) in [6.45, 7) is 0.389. The Labute approximate surface area is 103 Å². The molecule has 0 aromatic heterocycles. The van der Waals surface area contributed by atoms with Crippen LogP contribution in [0.5, 0.6) is 0 Å². The van der Waals surface area contributed by atoms with Gasteiger partial charge in [0.15, 0.2) is 0 Å². The van der Waals surface area contributed by atoms with Crippen LogP contribution in [0.2, 0.25) is 0 Å². The number of nitrogens with one attached hydrogen (secondary N) is 1. The van der Waals surface area contributed by atoms with Gasteiger partial charge in [0.25, 0.3) is 0 Å². The summed E-state index contributed by atoms with van der Waals surface area (Å²) < 4.78 is 8.84. The van der Waals surface area contributed by atoms with E-state index in [0.717, 1.165) is 0 Å². The molecule has 0 aromatic carbocycles. The highest BCUT2D eigenvalue weighted by Gasteiger charge is 2.11. The van der Waals surface area contributed by atoms with Gasteiger partial charge in [0.1, 0.15) is 18.6 Å². The summed E-state index contributed by atoms with van der Waals surface area (Å²) in [4.78, 5) is 43.4. The Kier molecular flexibility index (Phi) is 8.12. The number of Topliss-reactive ketones (excluding diaryl/α,β-unsaturated/α-hetero) is 1. The molecule has 8 nitrogen and oxygen atoms in total. The summed E-state index contributed by atoms with van der Waals surface area (Å²) >= 11 is 0. The van der Waals surface area contributed by atoms with Crippen LogP contribution in [0.4, 0.5) is 0 Å². The minimum atomic E-state index is -0.874. The summed E-state index contributed by atoms with van der Waals surface area (Å²) in [5.41, 5.74) is 0. The van der Waals surface area contributed by atoms with E-state index in [4.69, 9.17) is 5.11 Å².